The highest BCUT2D eigenvalue weighted by Crippen LogP contribution is 2.17. The number of aryl methyl sites for hydroxylation is 3. The van der Waals surface area contributed by atoms with Crippen LogP contribution in [0.25, 0.3) is 0 Å². The number of hydrogen-bond acceptors (Lipinski definition) is 4. The second-order valence-corrected chi connectivity index (χ2v) is 5.08. The first-order valence-corrected chi connectivity index (χ1v) is 7.02. The Bertz CT molecular complexity index is 665. The summed E-state index contributed by atoms with van der Waals surface area (Å²) in [7, 11) is 0. The first kappa shape index (κ1) is 15.8. The van der Waals surface area contributed by atoms with Gasteiger partial charge < -0.3 is 10.5 Å². The number of carbonyl (C=O) groups excluding carboxylic acids is 2. The molecule has 116 valence electrons. The van der Waals surface area contributed by atoms with Gasteiger partial charge in [-0.15, -0.1) is 0 Å². The van der Waals surface area contributed by atoms with Crippen molar-refractivity contribution in [2.75, 3.05) is 0 Å². The Hall–Kier alpha value is -2.63. The van der Waals surface area contributed by atoms with Crippen LogP contribution in [0.15, 0.2) is 36.4 Å². The molecule has 1 atom stereocenters. The monoisotopic (exact) mass is 301 g/mol. The Labute approximate surface area is 128 Å². The van der Waals surface area contributed by atoms with Gasteiger partial charge in [-0.25, -0.2) is 0 Å². The first-order chi connectivity index (χ1) is 10.5. The second kappa shape index (κ2) is 6.89. The summed E-state index contributed by atoms with van der Waals surface area (Å²) in [6.45, 7) is 4.21. The molecule has 1 heterocycles. The van der Waals surface area contributed by atoms with Gasteiger partial charge in [0.2, 0.25) is 6.10 Å². The van der Waals surface area contributed by atoms with Gasteiger partial charge in [-0.3, -0.25) is 14.3 Å². The van der Waals surface area contributed by atoms with Crippen LogP contribution in [0.4, 0.5) is 0 Å². The van der Waals surface area contributed by atoms with E-state index in [-0.39, 0.29) is 6.42 Å². The van der Waals surface area contributed by atoms with Crippen LogP contribution < -0.4 is 5.73 Å². The highest BCUT2D eigenvalue weighted by atomic mass is 16.5. The summed E-state index contributed by atoms with van der Waals surface area (Å²) in [4.78, 5) is 23.4. The van der Waals surface area contributed by atoms with E-state index in [1.54, 1.807) is 28.9 Å². The van der Waals surface area contributed by atoms with Crippen LogP contribution in [-0.4, -0.2) is 21.7 Å². The highest BCUT2D eigenvalue weighted by Gasteiger charge is 2.22. The topological polar surface area (TPSA) is 87.2 Å². The fraction of sp³-hybridized carbons (Fsp3) is 0.312. The molecule has 6 heteroatoms. The van der Waals surface area contributed by atoms with E-state index in [2.05, 4.69) is 5.10 Å². The Kier molecular flexibility index (Phi) is 4.93. The molecule has 0 aliphatic rings. The Morgan fingerprint density at radius 1 is 1.27 bits per heavy atom. The minimum Gasteiger partial charge on any atom is -0.447 e. The van der Waals surface area contributed by atoms with Crippen LogP contribution >= 0.6 is 0 Å². The molecule has 1 aromatic carbocycles. The molecule has 0 aliphatic heterocycles. The lowest BCUT2D eigenvalue weighted by atomic mass is 10.1. The number of benzene rings is 1. The van der Waals surface area contributed by atoms with Gasteiger partial charge in [-0.2, -0.15) is 5.10 Å². The molecular weight excluding hydrogens is 282 g/mol. The normalized spacial score (nSPS) is 11.9. The van der Waals surface area contributed by atoms with E-state index in [1.807, 2.05) is 26.0 Å². The number of carbonyl (C=O) groups is 2. The standard InChI is InChI=1S/C16H19N3O3/c1-11-10-12(2)19(18-11)9-8-14(20)22-15(16(17)21)13-6-4-3-5-7-13/h3-7,10,15H,8-9H2,1-2H3,(H2,17,21). The molecule has 0 fully saturated rings. The quantitative estimate of drug-likeness (QED) is 0.822. The van der Waals surface area contributed by atoms with E-state index >= 15 is 0 Å². The van der Waals surface area contributed by atoms with E-state index in [0.29, 0.717) is 12.1 Å². The fourth-order valence-corrected chi connectivity index (χ4v) is 2.21. The molecule has 2 aromatic rings. The molecule has 0 spiro atoms. The van der Waals surface area contributed by atoms with Gasteiger partial charge in [0.25, 0.3) is 5.91 Å². The van der Waals surface area contributed by atoms with Gasteiger partial charge in [0.1, 0.15) is 0 Å². The first-order valence-electron chi connectivity index (χ1n) is 7.02. The van der Waals surface area contributed by atoms with Crippen molar-refractivity contribution in [3.05, 3.63) is 53.3 Å². The van der Waals surface area contributed by atoms with Gasteiger partial charge in [0.05, 0.1) is 18.7 Å². The summed E-state index contributed by atoms with van der Waals surface area (Å²) < 4.78 is 6.95. The molecule has 1 unspecified atom stereocenters. The molecule has 0 radical (unpaired) electrons. The predicted molar refractivity (Wildman–Crippen MR) is 80.8 cm³/mol. The van der Waals surface area contributed by atoms with E-state index < -0.39 is 18.0 Å². The van der Waals surface area contributed by atoms with Crippen molar-refractivity contribution in [3.63, 3.8) is 0 Å². The third kappa shape index (κ3) is 3.94. The van der Waals surface area contributed by atoms with Crippen molar-refractivity contribution in [2.24, 2.45) is 5.73 Å². The SMILES string of the molecule is Cc1cc(C)n(CCC(=O)OC(C(N)=O)c2ccccc2)n1. The molecule has 1 amide bonds. The molecule has 22 heavy (non-hydrogen) atoms. The van der Waals surface area contributed by atoms with Gasteiger partial charge >= 0.3 is 5.97 Å². The van der Waals surface area contributed by atoms with Crippen LogP contribution in [0, 0.1) is 13.8 Å². The minimum absolute atomic E-state index is 0.124. The lowest BCUT2D eigenvalue weighted by Gasteiger charge is -2.15. The summed E-state index contributed by atoms with van der Waals surface area (Å²) >= 11 is 0. The zero-order valence-corrected chi connectivity index (χ0v) is 12.7. The number of nitrogens with two attached hydrogens (primary N) is 1. The molecule has 2 rings (SSSR count). The number of amides is 1. The lowest BCUT2D eigenvalue weighted by molar-refractivity contribution is -0.155. The maximum Gasteiger partial charge on any atom is 0.308 e. The van der Waals surface area contributed by atoms with Crippen LogP contribution in [-0.2, 0) is 20.9 Å². The number of primary amides is 1. The highest BCUT2D eigenvalue weighted by molar-refractivity contribution is 5.83. The van der Waals surface area contributed by atoms with Crippen molar-refractivity contribution >= 4 is 11.9 Å². The molecule has 1 aromatic heterocycles. The maximum atomic E-state index is 12.0. The average molecular weight is 301 g/mol. The average Bonchev–Trinajstić information content (AvgIpc) is 2.81. The molecule has 0 bridgehead atoms. The van der Waals surface area contributed by atoms with Gasteiger partial charge in [0, 0.05) is 11.3 Å². The van der Waals surface area contributed by atoms with Crippen molar-refractivity contribution in [1.29, 1.82) is 0 Å². The maximum absolute atomic E-state index is 12.0. The Morgan fingerprint density at radius 3 is 2.50 bits per heavy atom. The zero-order chi connectivity index (χ0) is 16.1. The second-order valence-electron chi connectivity index (χ2n) is 5.08. The van der Waals surface area contributed by atoms with Crippen LogP contribution in [0.1, 0.15) is 29.5 Å². The van der Waals surface area contributed by atoms with Gasteiger partial charge in [0.15, 0.2) is 0 Å². The van der Waals surface area contributed by atoms with Gasteiger partial charge in [-0.05, 0) is 19.9 Å². The number of aromatic nitrogens is 2. The van der Waals surface area contributed by atoms with Crippen molar-refractivity contribution in [3.8, 4) is 0 Å². The zero-order valence-electron chi connectivity index (χ0n) is 12.7. The van der Waals surface area contributed by atoms with Crippen LogP contribution in [0.2, 0.25) is 0 Å². The third-order valence-electron chi connectivity index (χ3n) is 3.24. The molecule has 2 N–H and O–H groups in total. The summed E-state index contributed by atoms with van der Waals surface area (Å²) in [6.07, 6.45) is -0.937. The van der Waals surface area contributed by atoms with E-state index in [1.165, 1.54) is 0 Å². The number of rotatable bonds is 6. The molecule has 0 saturated heterocycles. The molecule has 0 saturated carbocycles. The van der Waals surface area contributed by atoms with Crippen molar-refractivity contribution in [2.45, 2.75) is 32.9 Å². The lowest BCUT2D eigenvalue weighted by Crippen LogP contribution is -2.26. The van der Waals surface area contributed by atoms with E-state index in [0.717, 1.165) is 11.4 Å². The number of esters is 1. The smallest absolute Gasteiger partial charge is 0.308 e. The fourth-order valence-electron chi connectivity index (χ4n) is 2.21. The van der Waals surface area contributed by atoms with Crippen molar-refractivity contribution in [1.82, 2.24) is 9.78 Å². The molecular formula is C16H19N3O3. The summed E-state index contributed by atoms with van der Waals surface area (Å²) in [5, 5.41) is 4.27. The van der Waals surface area contributed by atoms with Crippen LogP contribution in [0.5, 0.6) is 0 Å². The van der Waals surface area contributed by atoms with Crippen molar-refractivity contribution < 1.29 is 14.3 Å². The molecule has 6 nitrogen and oxygen atoms in total. The number of nitrogens with zero attached hydrogens (tertiary/aromatic N) is 2. The van der Waals surface area contributed by atoms with Crippen LogP contribution in [0.3, 0.4) is 0 Å². The summed E-state index contributed by atoms with van der Waals surface area (Å²) in [6, 6.07) is 10.7. The van der Waals surface area contributed by atoms with E-state index in [9.17, 15) is 9.59 Å². The summed E-state index contributed by atoms with van der Waals surface area (Å²) in [5.41, 5.74) is 7.75. The third-order valence-corrected chi connectivity index (χ3v) is 3.24. The molecule has 0 aliphatic carbocycles. The minimum atomic E-state index is -1.06. The largest absolute Gasteiger partial charge is 0.447 e. The van der Waals surface area contributed by atoms with Gasteiger partial charge in [-0.1, -0.05) is 30.3 Å². The summed E-state index contributed by atoms with van der Waals surface area (Å²) in [5.74, 6) is -1.18. The predicted octanol–water partition coefficient (Wildman–Crippen LogP) is 1.66. The van der Waals surface area contributed by atoms with E-state index in [4.69, 9.17) is 10.5 Å². The number of ether oxygens (including phenoxy) is 1. The Morgan fingerprint density at radius 2 is 1.95 bits per heavy atom. The Balaban J connectivity index is 1.97. The number of hydrogen-bond donors (Lipinski definition) is 1.